The van der Waals surface area contributed by atoms with Crippen molar-refractivity contribution in [1.29, 1.82) is 0 Å². The van der Waals surface area contributed by atoms with Crippen LogP contribution >= 0.6 is 0 Å². The molecule has 1 heterocycles. The Balaban J connectivity index is 1.53. The van der Waals surface area contributed by atoms with Gasteiger partial charge in [0, 0.05) is 16.2 Å². The second-order valence-corrected chi connectivity index (χ2v) is 18.5. The average molecular weight is 748 g/mol. The molecule has 0 N–H and O–H groups in total. The van der Waals surface area contributed by atoms with Crippen LogP contribution in [0.3, 0.4) is 0 Å². The molecule has 0 bridgehead atoms. The highest BCUT2D eigenvalue weighted by atomic mass is 16.3. The van der Waals surface area contributed by atoms with Crippen molar-refractivity contribution in [3.63, 3.8) is 0 Å². The Labute approximate surface area is 370 Å². The third kappa shape index (κ3) is 5.44. The van der Waals surface area contributed by atoms with E-state index in [1.807, 2.05) is 0 Å². The van der Waals surface area contributed by atoms with Gasteiger partial charge in [-0.3, -0.25) is 0 Å². The first kappa shape index (κ1) is 40.8. The minimum Gasteiger partial charge on any atom is -0.455 e. The van der Waals surface area contributed by atoms with Crippen molar-refractivity contribution >= 4 is 281 Å². The summed E-state index contributed by atoms with van der Waals surface area (Å²) in [6, 6.07) is 20.0. The van der Waals surface area contributed by atoms with Gasteiger partial charge in [0.2, 0.25) is 0 Å². The van der Waals surface area contributed by atoms with Gasteiger partial charge >= 0.3 is 0 Å². The maximum atomic E-state index is 6.70. The van der Waals surface area contributed by atoms with Gasteiger partial charge in [-0.05, 0) is 78.5 Å². The number of hydrogen-bond acceptors (Lipinski definition) is 1. The Morgan fingerprint density at radius 3 is 1.20 bits per heavy atom. The quantitative estimate of drug-likeness (QED) is 0.130. The van der Waals surface area contributed by atoms with Crippen LogP contribution in [0.25, 0.3) is 87.6 Å². The molecule has 1 nitrogen and oxygen atoms in total. The average Bonchev–Trinajstić information content (AvgIpc) is 3.63. The molecule has 0 unspecified atom stereocenters. The van der Waals surface area contributed by atoms with E-state index in [4.69, 9.17) is 4.42 Å². The molecule has 0 saturated heterocycles. The maximum absolute atomic E-state index is 6.70. The first-order valence-electron chi connectivity index (χ1n) is 21.9. The Morgan fingerprint density at radius 1 is 0.283 bits per heavy atom. The smallest absolute Gasteiger partial charge is 0.143 e. The van der Waals surface area contributed by atoms with Crippen LogP contribution in [0.15, 0.2) is 59.0 Å². The largest absolute Gasteiger partial charge is 0.455 e. The molecule has 1 aromatic heterocycles. The van der Waals surface area contributed by atoms with Crippen LogP contribution in [-0.2, 0) is 0 Å². The molecular formula is C42H43B17O. The van der Waals surface area contributed by atoms with E-state index in [0.29, 0.717) is 0 Å². The van der Waals surface area contributed by atoms with Crippen LogP contribution in [0.1, 0.15) is 0 Å². The fourth-order valence-electron chi connectivity index (χ4n) is 11.3. The molecule has 0 aliphatic heterocycles. The molecule has 0 spiro atoms. The summed E-state index contributed by atoms with van der Waals surface area (Å²) in [4.78, 5) is 0. The molecule has 60 heavy (non-hydrogen) atoms. The molecule has 0 atom stereocenters. The van der Waals surface area contributed by atoms with Gasteiger partial charge in [-0.15, -0.1) is 43.7 Å². The van der Waals surface area contributed by atoms with Gasteiger partial charge in [-0.1, -0.05) is 85.6 Å². The van der Waals surface area contributed by atoms with E-state index in [1.165, 1.54) is 153 Å². The van der Waals surface area contributed by atoms with Crippen molar-refractivity contribution in [3.05, 3.63) is 54.6 Å². The van der Waals surface area contributed by atoms with Gasteiger partial charge in [-0.25, -0.2) is 0 Å². The van der Waals surface area contributed by atoms with E-state index in [9.17, 15) is 0 Å². The zero-order valence-corrected chi connectivity index (χ0v) is 39.1. The summed E-state index contributed by atoms with van der Waals surface area (Å²) in [5, 5.41) is 10.2. The lowest BCUT2D eigenvalue weighted by Gasteiger charge is -2.32. The van der Waals surface area contributed by atoms with Crippen LogP contribution in [0.2, 0.25) is 0 Å². The van der Waals surface area contributed by atoms with E-state index < -0.39 is 0 Å². The number of benzene rings is 8. The molecule has 18 heteroatoms. The second kappa shape index (κ2) is 14.3. The lowest BCUT2D eigenvalue weighted by molar-refractivity contribution is 0.672. The lowest BCUT2D eigenvalue weighted by atomic mass is 9.55. The van der Waals surface area contributed by atoms with E-state index in [2.05, 4.69) is 188 Å². The fourth-order valence-corrected chi connectivity index (χ4v) is 11.3. The molecule has 0 aliphatic rings. The highest BCUT2D eigenvalue weighted by Gasteiger charge is 2.29. The summed E-state index contributed by atoms with van der Waals surface area (Å²) in [7, 11) is 40.0. The molecule has 0 radical (unpaired) electrons. The van der Waals surface area contributed by atoms with Crippen molar-refractivity contribution < 1.29 is 4.42 Å². The normalized spacial score (nSPS) is 11.8. The highest BCUT2D eigenvalue weighted by molar-refractivity contribution is 6.74. The summed E-state index contributed by atoms with van der Waals surface area (Å²) in [6.07, 6.45) is 0. The molecule has 8 aromatic carbocycles. The molecule has 0 fully saturated rings. The minimum absolute atomic E-state index is 0.927. The Kier molecular flexibility index (Phi) is 9.70. The zero-order chi connectivity index (χ0) is 43.1. The minimum atomic E-state index is 0.927. The third-order valence-corrected chi connectivity index (χ3v) is 16.2. The van der Waals surface area contributed by atoms with Gasteiger partial charge in [-0.2, -0.15) is 0 Å². The standard InChI is InChI=1S/C42H43B17O/c43-25-22(30(48)34(52)31(49)23(25)24-32(50)39(57)41(59)40(58)33(24)51)17-20-18(26(44)35(53)37(55)28(20)46)16(19-21(17)29(47)38(56)36(54)27(19)45)11-6-8-15-14(9-11)13-7-5-10-3-1-2-4-12(10)42(13)60-15/h1-9H,43-59H2. The van der Waals surface area contributed by atoms with Crippen LogP contribution in [0.5, 0.6) is 0 Å². The fraction of sp³-hybridized carbons (Fsp3) is 0. The number of hydrogen-bond donors (Lipinski definition) is 0. The first-order chi connectivity index (χ1) is 28.4. The van der Waals surface area contributed by atoms with E-state index in [-0.39, 0.29) is 0 Å². The lowest BCUT2D eigenvalue weighted by Crippen LogP contribution is -2.57. The van der Waals surface area contributed by atoms with Gasteiger partial charge in [0.25, 0.3) is 0 Å². The molecular weight excluding hydrogens is 704 g/mol. The van der Waals surface area contributed by atoms with Gasteiger partial charge in [0.1, 0.15) is 145 Å². The Morgan fingerprint density at radius 2 is 0.683 bits per heavy atom. The van der Waals surface area contributed by atoms with Crippen molar-refractivity contribution in [2.45, 2.75) is 0 Å². The second-order valence-electron chi connectivity index (χ2n) is 18.5. The summed E-state index contributed by atoms with van der Waals surface area (Å²) < 4.78 is 6.70. The Hall–Kier alpha value is -4.56. The van der Waals surface area contributed by atoms with Crippen molar-refractivity contribution in [2.75, 3.05) is 0 Å². The van der Waals surface area contributed by atoms with E-state index in [1.54, 1.807) is 0 Å². The van der Waals surface area contributed by atoms with Crippen LogP contribution in [0.4, 0.5) is 0 Å². The van der Waals surface area contributed by atoms with Crippen LogP contribution in [-0.4, -0.2) is 133 Å². The topological polar surface area (TPSA) is 13.1 Å². The molecule has 9 rings (SSSR count). The molecule has 268 valence electrons. The van der Waals surface area contributed by atoms with Gasteiger partial charge in [0.05, 0.1) is 0 Å². The number of fused-ring (bicyclic) bond motifs is 7. The van der Waals surface area contributed by atoms with Crippen molar-refractivity contribution in [3.8, 4) is 33.4 Å². The molecule has 0 saturated carbocycles. The number of furan rings is 1. The van der Waals surface area contributed by atoms with Crippen molar-refractivity contribution in [2.24, 2.45) is 0 Å². The first-order valence-corrected chi connectivity index (χ1v) is 21.9. The monoisotopic (exact) mass is 750 g/mol. The SMILES string of the molecule is Bc1c(B)c(B)c(-c2c(B)c(B)c(B)c(-c3c4c(B)c(B)c(B)c(B)c4c(-c4ccc5oc6c7ccccc7ccc6c5c4)c4c(B)c(B)c(B)c(B)c34)c2B)c(B)c1B. The van der Waals surface area contributed by atoms with Crippen LogP contribution in [0, 0.1) is 0 Å². The summed E-state index contributed by atoms with van der Waals surface area (Å²) >= 11 is 0. The van der Waals surface area contributed by atoms with Crippen molar-refractivity contribution in [1.82, 2.24) is 0 Å². The van der Waals surface area contributed by atoms with E-state index >= 15 is 0 Å². The maximum Gasteiger partial charge on any atom is 0.143 e. The zero-order valence-electron chi connectivity index (χ0n) is 39.1. The van der Waals surface area contributed by atoms with E-state index in [0.717, 1.165) is 27.3 Å². The number of rotatable bonds is 3. The predicted molar refractivity (Wildman–Crippen MR) is 322 cm³/mol. The van der Waals surface area contributed by atoms with Gasteiger partial charge in [0.15, 0.2) is 0 Å². The molecule has 9 aromatic rings. The Bertz CT molecular complexity index is 3350. The summed E-state index contributed by atoms with van der Waals surface area (Å²) in [5.41, 5.74) is 33.6. The molecule has 0 amide bonds. The third-order valence-electron chi connectivity index (χ3n) is 16.2. The van der Waals surface area contributed by atoms with Crippen LogP contribution < -0.4 is 92.9 Å². The highest BCUT2D eigenvalue weighted by Crippen LogP contribution is 2.42. The predicted octanol–water partition coefficient (Wildman–Crippen LogP) is -17.6. The summed E-state index contributed by atoms with van der Waals surface area (Å²) in [6.45, 7) is 0. The van der Waals surface area contributed by atoms with Gasteiger partial charge < -0.3 is 4.42 Å². The molecule has 0 aliphatic carbocycles. The summed E-state index contributed by atoms with van der Waals surface area (Å²) in [5.74, 6) is 0.